The highest BCUT2D eigenvalue weighted by atomic mass is 16.6. The van der Waals surface area contributed by atoms with Crippen LogP contribution in [0.5, 0.6) is 0 Å². The van der Waals surface area contributed by atoms with Crippen LogP contribution in [0, 0.1) is 10.1 Å². The quantitative estimate of drug-likeness (QED) is 0.474. The molecule has 1 aromatic carbocycles. The number of ether oxygens (including phenoxy) is 1. The van der Waals surface area contributed by atoms with E-state index in [1.165, 1.54) is 44.0 Å². The molecule has 0 unspecified atom stereocenters. The van der Waals surface area contributed by atoms with Crippen molar-refractivity contribution in [2.45, 2.75) is 0 Å². The number of carbonyl (C=O) groups excluding carboxylic acids is 1. The minimum atomic E-state index is -0.626. The number of benzene rings is 1. The van der Waals surface area contributed by atoms with E-state index in [-0.39, 0.29) is 11.3 Å². The molecular formula is C12H9N3O4. The number of rotatable bonds is 3. The highest BCUT2D eigenvalue weighted by Gasteiger charge is 2.19. The van der Waals surface area contributed by atoms with Gasteiger partial charge in [-0.2, -0.15) is 0 Å². The van der Waals surface area contributed by atoms with Gasteiger partial charge in [0.15, 0.2) is 0 Å². The van der Waals surface area contributed by atoms with Crippen molar-refractivity contribution in [1.29, 1.82) is 0 Å². The Balaban J connectivity index is 2.57. The van der Waals surface area contributed by atoms with Crippen molar-refractivity contribution in [3.05, 3.63) is 52.6 Å². The molecule has 0 aliphatic rings. The van der Waals surface area contributed by atoms with Gasteiger partial charge in [-0.3, -0.25) is 10.1 Å². The first-order valence-corrected chi connectivity index (χ1v) is 5.25. The standard InChI is InChI=1S/C12H9N3O4/c1-19-12(16)8-2-3-10(11(4-8)15(17)18)9-5-13-7-14-6-9/h2-7H,1H3. The Kier molecular flexibility index (Phi) is 3.46. The third-order valence-electron chi connectivity index (χ3n) is 2.49. The van der Waals surface area contributed by atoms with Gasteiger partial charge in [0.25, 0.3) is 5.69 Å². The van der Waals surface area contributed by atoms with Crippen molar-refractivity contribution in [3.63, 3.8) is 0 Å². The van der Waals surface area contributed by atoms with Crippen LogP contribution in [0.25, 0.3) is 11.1 Å². The van der Waals surface area contributed by atoms with E-state index in [4.69, 9.17) is 0 Å². The van der Waals surface area contributed by atoms with Crippen molar-refractivity contribution >= 4 is 11.7 Å². The lowest BCUT2D eigenvalue weighted by molar-refractivity contribution is -0.384. The molecule has 96 valence electrons. The van der Waals surface area contributed by atoms with E-state index >= 15 is 0 Å². The smallest absolute Gasteiger partial charge is 0.338 e. The van der Waals surface area contributed by atoms with E-state index in [9.17, 15) is 14.9 Å². The van der Waals surface area contributed by atoms with Crippen molar-refractivity contribution < 1.29 is 14.5 Å². The number of hydrogen-bond acceptors (Lipinski definition) is 6. The molecule has 0 atom stereocenters. The Morgan fingerprint density at radius 3 is 2.58 bits per heavy atom. The number of nitro benzene ring substituents is 1. The van der Waals surface area contributed by atoms with Gasteiger partial charge >= 0.3 is 5.97 Å². The Morgan fingerprint density at radius 1 is 1.32 bits per heavy atom. The number of nitrogens with zero attached hydrogens (tertiary/aromatic N) is 3. The van der Waals surface area contributed by atoms with Gasteiger partial charge in [0.1, 0.15) is 6.33 Å². The molecule has 0 fully saturated rings. The van der Waals surface area contributed by atoms with Crippen LogP contribution in [0.15, 0.2) is 36.9 Å². The van der Waals surface area contributed by atoms with Gasteiger partial charge in [-0.15, -0.1) is 0 Å². The van der Waals surface area contributed by atoms with Crippen LogP contribution in [0.2, 0.25) is 0 Å². The molecular weight excluding hydrogens is 250 g/mol. The van der Waals surface area contributed by atoms with E-state index in [1.54, 1.807) is 0 Å². The van der Waals surface area contributed by atoms with Crippen LogP contribution < -0.4 is 0 Å². The van der Waals surface area contributed by atoms with Crippen LogP contribution in [0.1, 0.15) is 10.4 Å². The second kappa shape index (κ2) is 5.21. The predicted molar refractivity (Wildman–Crippen MR) is 65.5 cm³/mol. The molecule has 2 rings (SSSR count). The Morgan fingerprint density at radius 2 is 2.00 bits per heavy atom. The maximum atomic E-state index is 11.4. The summed E-state index contributed by atoms with van der Waals surface area (Å²) in [4.78, 5) is 29.5. The lowest BCUT2D eigenvalue weighted by Gasteiger charge is -2.04. The Hall–Kier alpha value is -2.83. The van der Waals surface area contributed by atoms with E-state index in [0.29, 0.717) is 11.1 Å². The van der Waals surface area contributed by atoms with Crippen LogP contribution >= 0.6 is 0 Å². The highest BCUT2D eigenvalue weighted by molar-refractivity contribution is 5.91. The second-order valence-corrected chi connectivity index (χ2v) is 3.61. The van der Waals surface area contributed by atoms with Crippen molar-refractivity contribution in [2.75, 3.05) is 7.11 Å². The van der Waals surface area contributed by atoms with Gasteiger partial charge in [-0.05, 0) is 12.1 Å². The van der Waals surface area contributed by atoms with Crippen LogP contribution in [0.3, 0.4) is 0 Å². The van der Waals surface area contributed by atoms with Gasteiger partial charge in [0, 0.05) is 24.0 Å². The summed E-state index contributed by atoms with van der Waals surface area (Å²) in [6.45, 7) is 0. The molecule has 7 nitrogen and oxygen atoms in total. The molecule has 0 bridgehead atoms. The van der Waals surface area contributed by atoms with E-state index in [2.05, 4.69) is 14.7 Å². The molecule has 0 saturated carbocycles. The number of aromatic nitrogens is 2. The third-order valence-corrected chi connectivity index (χ3v) is 2.49. The molecule has 19 heavy (non-hydrogen) atoms. The summed E-state index contributed by atoms with van der Waals surface area (Å²) in [5, 5.41) is 11.1. The van der Waals surface area contributed by atoms with Gasteiger partial charge in [0.2, 0.25) is 0 Å². The van der Waals surface area contributed by atoms with Crippen molar-refractivity contribution in [3.8, 4) is 11.1 Å². The lowest BCUT2D eigenvalue weighted by atomic mass is 10.0. The maximum absolute atomic E-state index is 11.4. The molecule has 0 N–H and O–H groups in total. The minimum Gasteiger partial charge on any atom is -0.465 e. The summed E-state index contributed by atoms with van der Waals surface area (Å²) in [5.41, 5.74) is 0.774. The molecule has 0 amide bonds. The number of carbonyl (C=O) groups is 1. The van der Waals surface area contributed by atoms with Gasteiger partial charge in [-0.25, -0.2) is 14.8 Å². The van der Waals surface area contributed by atoms with Crippen LogP contribution in [-0.2, 0) is 4.74 Å². The first-order valence-electron chi connectivity index (χ1n) is 5.25. The van der Waals surface area contributed by atoms with Crippen LogP contribution in [-0.4, -0.2) is 28.0 Å². The Labute approximate surface area is 108 Å². The lowest BCUT2D eigenvalue weighted by Crippen LogP contribution is -2.03. The van der Waals surface area contributed by atoms with E-state index < -0.39 is 10.9 Å². The summed E-state index contributed by atoms with van der Waals surface area (Å²) in [5.74, 6) is -0.626. The highest BCUT2D eigenvalue weighted by Crippen LogP contribution is 2.29. The van der Waals surface area contributed by atoms with Crippen molar-refractivity contribution in [1.82, 2.24) is 9.97 Å². The SMILES string of the molecule is COC(=O)c1ccc(-c2cncnc2)c([N+](=O)[O-])c1. The molecule has 0 radical (unpaired) electrons. The normalized spacial score (nSPS) is 9.95. The zero-order valence-corrected chi connectivity index (χ0v) is 9.94. The predicted octanol–water partition coefficient (Wildman–Crippen LogP) is 1.84. The van der Waals surface area contributed by atoms with E-state index in [0.717, 1.165) is 0 Å². The topological polar surface area (TPSA) is 95.2 Å². The first-order chi connectivity index (χ1) is 9.13. The molecule has 0 saturated heterocycles. The second-order valence-electron chi connectivity index (χ2n) is 3.61. The van der Waals surface area contributed by atoms with E-state index in [1.807, 2.05) is 0 Å². The molecule has 2 aromatic rings. The fourth-order valence-electron chi connectivity index (χ4n) is 1.61. The summed E-state index contributed by atoms with van der Waals surface area (Å²) in [6.07, 6.45) is 4.26. The number of esters is 1. The average Bonchev–Trinajstić information content (AvgIpc) is 2.46. The minimum absolute atomic E-state index is 0.120. The number of hydrogen-bond donors (Lipinski definition) is 0. The molecule has 1 heterocycles. The fraction of sp³-hybridized carbons (Fsp3) is 0.0833. The summed E-state index contributed by atoms with van der Waals surface area (Å²) < 4.78 is 4.53. The monoisotopic (exact) mass is 259 g/mol. The molecule has 0 aliphatic heterocycles. The fourth-order valence-corrected chi connectivity index (χ4v) is 1.61. The third kappa shape index (κ3) is 2.54. The first kappa shape index (κ1) is 12.6. The molecule has 1 aromatic heterocycles. The maximum Gasteiger partial charge on any atom is 0.338 e. The van der Waals surface area contributed by atoms with Crippen molar-refractivity contribution in [2.24, 2.45) is 0 Å². The van der Waals surface area contributed by atoms with Crippen LogP contribution in [0.4, 0.5) is 5.69 Å². The summed E-state index contributed by atoms with van der Waals surface area (Å²) >= 11 is 0. The largest absolute Gasteiger partial charge is 0.465 e. The molecule has 7 heteroatoms. The molecule has 0 aliphatic carbocycles. The van der Waals surface area contributed by atoms with Gasteiger partial charge < -0.3 is 4.74 Å². The zero-order chi connectivity index (χ0) is 13.8. The van der Waals surface area contributed by atoms with Gasteiger partial charge in [-0.1, -0.05) is 0 Å². The van der Waals surface area contributed by atoms with Gasteiger partial charge in [0.05, 0.1) is 23.2 Å². The summed E-state index contributed by atoms with van der Waals surface area (Å²) in [6, 6.07) is 4.11. The Bertz CT molecular complexity index is 628. The number of nitro groups is 1. The number of methoxy groups -OCH3 is 1. The zero-order valence-electron chi connectivity index (χ0n) is 9.94. The molecule has 0 spiro atoms. The average molecular weight is 259 g/mol. The summed E-state index contributed by atoms with van der Waals surface area (Å²) in [7, 11) is 1.22.